The smallest absolute Gasteiger partial charge is 0.271 e. The molecule has 0 aromatic carbocycles. The number of hydrogen-bond acceptors (Lipinski definition) is 7. The van der Waals surface area contributed by atoms with Crippen LogP contribution in [0.3, 0.4) is 0 Å². The number of aromatic amines is 1. The van der Waals surface area contributed by atoms with Crippen molar-refractivity contribution >= 4 is 28.4 Å². The summed E-state index contributed by atoms with van der Waals surface area (Å²) in [6.45, 7) is 8.43. The second-order valence-electron chi connectivity index (χ2n) is 8.26. The second kappa shape index (κ2) is 8.98. The number of nitrogen functional groups attached to an aromatic ring is 1. The van der Waals surface area contributed by atoms with Gasteiger partial charge in [0.05, 0.1) is 61.8 Å². The largest absolute Gasteiger partial charge is 0.383 e. The Bertz CT molecular complexity index is 1300. The molecule has 1 fully saturated rings. The number of rotatable bonds is 5. The number of amides is 1. The third-order valence-electron chi connectivity index (χ3n) is 6.32. The number of carbonyl (C=O) groups excluding carboxylic acids is 1. The fourth-order valence-electron chi connectivity index (χ4n) is 4.51. The Hall–Kier alpha value is -3.59. The van der Waals surface area contributed by atoms with E-state index < -0.39 is 11.9 Å². The van der Waals surface area contributed by atoms with Gasteiger partial charge in [-0.3, -0.25) is 9.78 Å². The first-order valence-electron chi connectivity index (χ1n) is 10.8. The molecule has 3 aromatic heterocycles. The lowest BCUT2D eigenvalue weighted by Crippen LogP contribution is -2.52. The molecule has 2 atom stereocenters. The number of nitrogens with zero attached hydrogens (tertiary/aromatic N) is 4. The number of ether oxygens (including phenoxy) is 3. The molecule has 1 saturated heterocycles. The minimum Gasteiger partial charge on any atom is -0.383 e. The normalized spacial score (nSPS) is 19.7. The van der Waals surface area contributed by atoms with Crippen LogP contribution in [0.15, 0.2) is 18.3 Å². The summed E-state index contributed by atoms with van der Waals surface area (Å²) in [5.74, 6) is -0.656. The van der Waals surface area contributed by atoms with Crippen molar-refractivity contribution in [1.82, 2.24) is 19.9 Å². The zero-order valence-electron chi connectivity index (χ0n) is 18.5. The van der Waals surface area contributed by atoms with Crippen LogP contribution in [0.4, 0.5) is 15.9 Å². The summed E-state index contributed by atoms with van der Waals surface area (Å²) in [6, 6.07) is 2.28. The van der Waals surface area contributed by atoms with Gasteiger partial charge in [0.25, 0.3) is 5.91 Å². The van der Waals surface area contributed by atoms with E-state index in [2.05, 4.69) is 19.8 Å². The van der Waals surface area contributed by atoms with Crippen molar-refractivity contribution in [3.8, 4) is 0 Å². The Morgan fingerprint density at radius 2 is 2.21 bits per heavy atom. The van der Waals surface area contributed by atoms with Crippen LogP contribution in [-0.4, -0.2) is 58.2 Å². The van der Waals surface area contributed by atoms with Gasteiger partial charge in [0.2, 0.25) is 5.69 Å². The SMILES string of the molecule is [C-]#[N+]c1cnc(CN(C(=O)c2cc3nc(N)c4c(c3[nH]2)COC4)[C@@H]2COCC[C@H]2OC)c(F)c1. The fourth-order valence-corrected chi connectivity index (χ4v) is 4.51. The van der Waals surface area contributed by atoms with E-state index in [9.17, 15) is 9.18 Å². The first-order valence-corrected chi connectivity index (χ1v) is 10.8. The molecule has 5 rings (SSSR count). The number of anilines is 1. The third kappa shape index (κ3) is 3.86. The molecule has 10 nitrogen and oxygen atoms in total. The van der Waals surface area contributed by atoms with Gasteiger partial charge in [-0.05, 0) is 18.6 Å². The number of hydrogen-bond donors (Lipinski definition) is 2. The van der Waals surface area contributed by atoms with E-state index in [1.54, 1.807) is 13.2 Å². The van der Waals surface area contributed by atoms with Crippen LogP contribution in [0.5, 0.6) is 0 Å². The lowest BCUT2D eigenvalue weighted by Gasteiger charge is -2.38. The molecule has 3 aromatic rings. The van der Waals surface area contributed by atoms with Gasteiger partial charge in [-0.2, -0.15) is 0 Å². The molecule has 176 valence electrons. The van der Waals surface area contributed by atoms with Crippen LogP contribution >= 0.6 is 0 Å². The molecular weight excluding hydrogens is 443 g/mol. The molecule has 0 bridgehead atoms. The van der Waals surface area contributed by atoms with Crippen LogP contribution in [-0.2, 0) is 34.0 Å². The molecule has 5 heterocycles. The number of aromatic nitrogens is 3. The lowest BCUT2D eigenvalue weighted by atomic mass is 10.0. The van der Waals surface area contributed by atoms with Crippen LogP contribution < -0.4 is 5.73 Å². The van der Waals surface area contributed by atoms with Crippen molar-refractivity contribution in [2.75, 3.05) is 26.1 Å². The van der Waals surface area contributed by atoms with Crippen LogP contribution in [0.1, 0.15) is 33.7 Å². The Morgan fingerprint density at radius 3 is 2.97 bits per heavy atom. The summed E-state index contributed by atoms with van der Waals surface area (Å²) < 4.78 is 31.5. The lowest BCUT2D eigenvalue weighted by molar-refractivity contribution is -0.0718. The highest BCUT2D eigenvalue weighted by molar-refractivity contribution is 5.98. The van der Waals surface area contributed by atoms with Crippen molar-refractivity contribution < 1.29 is 23.4 Å². The summed E-state index contributed by atoms with van der Waals surface area (Å²) in [7, 11) is 1.58. The summed E-state index contributed by atoms with van der Waals surface area (Å²) in [5.41, 5.74) is 9.44. The van der Waals surface area contributed by atoms with Crippen molar-refractivity contribution in [1.29, 1.82) is 0 Å². The van der Waals surface area contributed by atoms with E-state index >= 15 is 0 Å². The minimum atomic E-state index is -0.655. The highest BCUT2D eigenvalue weighted by Gasteiger charge is 2.36. The summed E-state index contributed by atoms with van der Waals surface area (Å²) in [6.07, 6.45) is 1.59. The summed E-state index contributed by atoms with van der Waals surface area (Å²) >= 11 is 0. The van der Waals surface area contributed by atoms with Gasteiger partial charge in [-0.15, -0.1) is 0 Å². The van der Waals surface area contributed by atoms with E-state index in [-0.39, 0.29) is 42.2 Å². The average molecular weight is 466 g/mol. The molecule has 0 aliphatic carbocycles. The van der Waals surface area contributed by atoms with Crippen LogP contribution in [0.25, 0.3) is 15.9 Å². The number of carbonyl (C=O) groups is 1. The van der Waals surface area contributed by atoms with E-state index in [0.717, 1.165) is 17.2 Å². The highest BCUT2D eigenvalue weighted by Crippen LogP contribution is 2.32. The first kappa shape index (κ1) is 22.2. The molecule has 0 saturated carbocycles. The van der Waals surface area contributed by atoms with Crippen molar-refractivity contribution in [2.45, 2.75) is 38.3 Å². The molecule has 2 aliphatic heterocycles. The van der Waals surface area contributed by atoms with Gasteiger partial charge in [0.15, 0.2) is 0 Å². The van der Waals surface area contributed by atoms with Crippen molar-refractivity contribution in [3.63, 3.8) is 0 Å². The number of nitrogens with one attached hydrogen (secondary N) is 1. The zero-order valence-corrected chi connectivity index (χ0v) is 18.5. The highest BCUT2D eigenvalue weighted by atomic mass is 19.1. The van der Waals surface area contributed by atoms with E-state index in [4.69, 9.17) is 26.5 Å². The van der Waals surface area contributed by atoms with Crippen molar-refractivity contribution in [3.05, 3.63) is 58.1 Å². The summed E-state index contributed by atoms with van der Waals surface area (Å²) in [4.78, 5) is 30.2. The second-order valence-corrected chi connectivity index (χ2v) is 8.26. The molecule has 2 aliphatic rings. The first-order chi connectivity index (χ1) is 16.5. The Morgan fingerprint density at radius 1 is 1.38 bits per heavy atom. The standard InChI is InChI=1S/C23H23FN6O4/c1-26-12-5-15(24)18(27-7-12)8-30(19-11-33-4-3-20(19)32-2)23(31)17-6-16-21(28-17)13-9-34-10-14(13)22(25)29-16/h5-7,19-20,28H,3-4,8-11H2,2H3,(H2,25,29)/t19-,20-/m1/s1. The van der Waals surface area contributed by atoms with Gasteiger partial charge in [-0.25, -0.2) is 14.2 Å². The molecular formula is C23H23FN6O4. The molecule has 0 unspecified atom stereocenters. The zero-order chi connectivity index (χ0) is 23.8. The number of halogens is 1. The third-order valence-corrected chi connectivity index (χ3v) is 6.32. The molecule has 34 heavy (non-hydrogen) atoms. The number of methoxy groups -OCH3 is 1. The molecule has 1 amide bonds. The number of fused-ring (bicyclic) bond motifs is 3. The van der Waals surface area contributed by atoms with Crippen LogP contribution in [0, 0.1) is 12.4 Å². The number of nitrogens with two attached hydrogens (primary N) is 1. The molecule has 0 radical (unpaired) electrons. The molecule has 3 N–H and O–H groups in total. The van der Waals surface area contributed by atoms with Gasteiger partial charge in [0, 0.05) is 31.0 Å². The van der Waals surface area contributed by atoms with E-state index in [1.165, 1.54) is 11.1 Å². The minimum absolute atomic E-state index is 0.0500. The van der Waals surface area contributed by atoms with E-state index in [0.29, 0.717) is 43.1 Å². The Kier molecular flexibility index (Phi) is 5.87. The maximum atomic E-state index is 14.7. The quantitative estimate of drug-likeness (QED) is 0.555. The molecule has 11 heteroatoms. The maximum absolute atomic E-state index is 14.7. The van der Waals surface area contributed by atoms with Gasteiger partial charge >= 0.3 is 0 Å². The van der Waals surface area contributed by atoms with Crippen LogP contribution in [0.2, 0.25) is 0 Å². The van der Waals surface area contributed by atoms with Crippen molar-refractivity contribution in [2.24, 2.45) is 0 Å². The Balaban J connectivity index is 1.54. The van der Waals surface area contributed by atoms with Gasteiger partial charge in [0.1, 0.15) is 17.3 Å². The monoisotopic (exact) mass is 466 g/mol. The Labute approximate surface area is 194 Å². The number of pyridine rings is 2. The van der Waals surface area contributed by atoms with Gasteiger partial charge < -0.3 is 29.8 Å². The van der Waals surface area contributed by atoms with Gasteiger partial charge in [-0.1, -0.05) is 0 Å². The molecule has 0 spiro atoms. The fraction of sp³-hybridized carbons (Fsp3) is 0.391. The topological polar surface area (TPSA) is 120 Å². The summed E-state index contributed by atoms with van der Waals surface area (Å²) in [5, 5.41) is 0. The van der Waals surface area contributed by atoms with E-state index in [1.807, 2.05) is 0 Å². The predicted molar refractivity (Wildman–Crippen MR) is 119 cm³/mol. The predicted octanol–water partition coefficient (Wildman–Crippen LogP) is 2.71. The maximum Gasteiger partial charge on any atom is 0.271 e. The average Bonchev–Trinajstić information content (AvgIpc) is 3.50. The number of H-pyrrole nitrogens is 1.